The lowest BCUT2D eigenvalue weighted by atomic mass is 10.1. The summed E-state index contributed by atoms with van der Waals surface area (Å²) in [6.45, 7) is 8.82. The Morgan fingerprint density at radius 3 is 2.59 bits per heavy atom. The Hall–Kier alpha value is -3.43. The molecule has 1 atom stereocenters. The molecule has 1 heterocycles. The summed E-state index contributed by atoms with van der Waals surface area (Å²) in [5.74, 6) is -0.969. The molecule has 0 aromatic heterocycles. The molecule has 2 aromatic carbocycles. The smallest absolute Gasteiger partial charge is 0.340 e. The molecule has 0 saturated heterocycles. The molecule has 0 fully saturated rings. The first-order valence-electron chi connectivity index (χ1n) is 10.8. The average molecular weight is 484 g/mol. The second kappa shape index (κ2) is 10.7. The van der Waals surface area contributed by atoms with Gasteiger partial charge in [-0.1, -0.05) is 36.9 Å². The van der Waals surface area contributed by atoms with E-state index in [0.29, 0.717) is 12.1 Å². The number of rotatable bonds is 8. The maximum atomic E-state index is 13.1. The zero-order valence-electron chi connectivity index (χ0n) is 19.5. The van der Waals surface area contributed by atoms with Crippen LogP contribution in [-0.4, -0.2) is 33.6 Å². The summed E-state index contributed by atoms with van der Waals surface area (Å²) in [4.78, 5) is 24.8. The van der Waals surface area contributed by atoms with Crippen LogP contribution in [0.1, 0.15) is 40.9 Å². The van der Waals surface area contributed by atoms with Gasteiger partial charge in [0.15, 0.2) is 9.84 Å². The van der Waals surface area contributed by atoms with Gasteiger partial charge in [0, 0.05) is 13.1 Å². The summed E-state index contributed by atoms with van der Waals surface area (Å²) < 4.78 is 31.0. The summed E-state index contributed by atoms with van der Waals surface area (Å²) in [5.41, 5.74) is 3.82. The van der Waals surface area contributed by atoms with Crippen LogP contribution in [0.4, 0.5) is 10.5 Å². The summed E-state index contributed by atoms with van der Waals surface area (Å²) in [5, 5.41) is 8.58. The molecular weight excluding hydrogens is 454 g/mol. The van der Waals surface area contributed by atoms with Crippen LogP contribution in [0.25, 0.3) is 0 Å². The fourth-order valence-electron chi connectivity index (χ4n) is 3.83. The van der Waals surface area contributed by atoms with Crippen LogP contribution in [-0.2, 0) is 33.4 Å². The zero-order valence-corrected chi connectivity index (χ0v) is 20.3. The highest BCUT2D eigenvalue weighted by Gasteiger charge is 2.22. The largest absolute Gasteiger partial charge is 0.465 e. The quantitative estimate of drug-likeness (QED) is 0.390. The first-order valence-corrected chi connectivity index (χ1v) is 12.5. The maximum Gasteiger partial charge on any atom is 0.340 e. The Morgan fingerprint density at radius 2 is 1.91 bits per heavy atom. The molecule has 1 unspecified atom stereocenters. The van der Waals surface area contributed by atoms with E-state index in [1.54, 1.807) is 19.1 Å². The molecule has 180 valence electrons. The molecule has 2 aromatic rings. The van der Waals surface area contributed by atoms with Gasteiger partial charge in [0.05, 0.1) is 35.1 Å². The Bertz CT molecular complexity index is 1250. The van der Waals surface area contributed by atoms with Crippen molar-refractivity contribution in [3.8, 4) is 0 Å². The number of amides is 2. The molecule has 9 heteroatoms. The number of methoxy groups -OCH3 is 1. The van der Waals surface area contributed by atoms with Crippen molar-refractivity contribution in [1.29, 1.82) is 0 Å². The molecule has 0 aliphatic carbocycles. The highest BCUT2D eigenvalue weighted by atomic mass is 32.2. The molecule has 2 amide bonds. The maximum absolute atomic E-state index is 13.1. The number of allylic oxidation sites excluding steroid dienone is 1. The van der Waals surface area contributed by atoms with E-state index in [0.717, 1.165) is 23.2 Å². The number of nitrogens with one attached hydrogen (secondary N) is 3. The summed E-state index contributed by atoms with van der Waals surface area (Å²) >= 11 is 0. The van der Waals surface area contributed by atoms with Crippen molar-refractivity contribution in [3.05, 3.63) is 83.0 Å². The van der Waals surface area contributed by atoms with Crippen LogP contribution in [0.15, 0.2) is 65.6 Å². The Labute approximate surface area is 200 Å². The number of carbonyl (C=O) groups is 2. The fraction of sp³-hybridized carbons (Fsp3) is 0.280. The van der Waals surface area contributed by atoms with Gasteiger partial charge in [-0.05, 0) is 54.3 Å². The molecule has 0 saturated carbocycles. The molecule has 0 bridgehead atoms. The number of benzene rings is 2. The van der Waals surface area contributed by atoms with E-state index in [2.05, 4.69) is 22.5 Å². The van der Waals surface area contributed by atoms with Crippen LogP contribution in [0, 0.1) is 0 Å². The minimum absolute atomic E-state index is 0.0336. The number of urea groups is 1. The van der Waals surface area contributed by atoms with E-state index in [9.17, 15) is 18.0 Å². The molecule has 1 aliphatic heterocycles. The topological polar surface area (TPSA) is 114 Å². The minimum Gasteiger partial charge on any atom is -0.465 e. The average Bonchev–Trinajstić information content (AvgIpc) is 3.27. The Morgan fingerprint density at radius 1 is 1.18 bits per heavy atom. The van der Waals surface area contributed by atoms with Crippen molar-refractivity contribution in [3.63, 3.8) is 0 Å². The third-order valence-electron chi connectivity index (χ3n) is 5.68. The lowest BCUT2D eigenvalue weighted by molar-refractivity contribution is 0.0601. The molecule has 34 heavy (non-hydrogen) atoms. The number of hydrogen-bond acceptors (Lipinski definition) is 6. The first-order chi connectivity index (χ1) is 16.2. The molecule has 1 aliphatic rings. The summed E-state index contributed by atoms with van der Waals surface area (Å²) in [7, 11) is -2.56. The number of anilines is 1. The summed E-state index contributed by atoms with van der Waals surface area (Å²) in [6.07, 6.45) is 3.47. The van der Waals surface area contributed by atoms with Gasteiger partial charge < -0.3 is 20.7 Å². The number of fused-ring (bicyclic) bond motifs is 1. The van der Waals surface area contributed by atoms with E-state index in [1.165, 1.54) is 25.3 Å². The number of esters is 1. The predicted molar refractivity (Wildman–Crippen MR) is 131 cm³/mol. The molecule has 3 rings (SSSR count). The van der Waals surface area contributed by atoms with Crippen LogP contribution >= 0.6 is 0 Å². The van der Waals surface area contributed by atoms with E-state index < -0.39 is 21.8 Å². The third kappa shape index (κ3) is 5.73. The number of ether oxygens (including phenoxy) is 1. The van der Waals surface area contributed by atoms with Crippen molar-refractivity contribution in [1.82, 2.24) is 10.6 Å². The first kappa shape index (κ1) is 25.2. The zero-order chi connectivity index (χ0) is 24.9. The molecule has 3 N–H and O–H groups in total. The van der Waals surface area contributed by atoms with Crippen LogP contribution < -0.4 is 16.0 Å². The van der Waals surface area contributed by atoms with Gasteiger partial charge in [0.25, 0.3) is 0 Å². The minimum atomic E-state index is -3.75. The van der Waals surface area contributed by atoms with Crippen molar-refractivity contribution >= 4 is 27.5 Å². The van der Waals surface area contributed by atoms with E-state index in [1.807, 2.05) is 25.1 Å². The predicted octanol–water partition coefficient (Wildman–Crippen LogP) is 3.69. The van der Waals surface area contributed by atoms with Gasteiger partial charge in [-0.3, -0.25) is 0 Å². The van der Waals surface area contributed by atoms with E-state index >= 15 is 0 Å². The second-order valence-electron chi connectivity index (χ2n) is 7.98. The third-order valence-corrected chi connectivity index (χ3v) is 7.36. The number of carbonyl (C=O) groups excluding carboxylic acids is 2. The van der Waals surface area contributed by atoms with Crippen LogP contribution in [0.2, 0.25) is 0 Å². The van der Waals surface area contributed by atoms with Crippen molar-refractivity contribution in [2.24, 2.45) is 0 Å². The van der Waals surface area contributed by atoms with Gasteiger partial charge in [-0.2, -0.15) is 0 Å². The Balaban J connectivity index is 1.84. The van der Waals surface area contributed by atoms with Crippen LogP contribution in [0.3, 0.4) is 0 Å². The monoisotopic (exact) mass is 483 g/mol. The van der Waals surface area contributed by atoms with Crippen LogP contribution in [0.5, 0.6) is 0 Å². The molecule has 0 spiro atoms. The second-order valence-corrected chi connectivity index (χ2v) is 9.97. The Kier molecular flexibility index (Phi) is 7.90. The normalized spacial score (nSPS) is 14.1. The molecular formula is C25H29N3O5S. The van der Waals surface area contributed by atoms with Gasteiger partial charge >= 0.3 is 12.0 Å². The SMILES string of the molecule is C=C/C(=C\C)C(C)NC(=O)Nc1ccc(S(=O)(=O)Cc2ccc3c(c2)CNC3)cc1C(=O)OC. The lowest BCUT2D eigenvalue weighted by Gasteiger charge is -2.17. The van der Waals surface area contributed by atoms with Crippen molar-refractivity contribution < 1.29 is 22.7 Å². The fourth-order valence-corrected chi connectivity index (χ4v) is 5.19. The van der Waals surface area contributed by atoms with Crippen molar-refractivity contribution in [2.75, 3.05) is 12.4 Å². The van der Waals surface area contributed by atoms with Gasteiger partial charge in [-0.15, -0.1) is 0 Å². The van der Waals surface area contributed by atoms with Gasteiger partial charge in [0.2, 0.25) is 0 Å². The molecule has 0 radical (unpaired) electrons. The number of sulfone groups is 1. The number of hydrogen-bond donors (Lipinski definition) is 3. The highest BCUT2D eigenvalue weighted by molar-refractivity contribution is 7.90. The van der Waals surface area contributed by atoms with E-state index in [-0.39, 0.29) is 27.9 Å². The lowest BCUT2D eigenvalue weighted by Crippen LogP contribution is -2.37. The van der Waals surface area contributed by atoms with Gasteiger partial charge in [-0.25, -0.2) is 18.0 Å². The van der Waals surface area contributed by atoms with E-state index in [4.69, 9.17) is 4.74 Å². The standard InChI is InChI=1S/C25H29N3O5S/c1-5-18(6-2)16(3)27-25(30)28-23-10-9-21(12-22(23)24(29)33-4)34(31,32)15-17-7-8-19-13-26-14-20(19)11-17/h5-12,16,26H,1,13-15H2,2-4H3,(H2,27,28,30)/b18-6+. The summed E-state index contributed by atoms with van der Waals surface area (Å²) in [6, 6.07) is 8.74. The molecule has 8 nitrogen and oxygen atoms in total. The highest BCUT2D eigenvalue weighted by Crippen LogP contribution is 2.25. The van der Waals surface area contributed by atoms with Gasteiger partial charge in [0.1, 0.15) is 0 Å². The van der Waals surface area contributed by atoms with Crippen molar-refractivity contribution in [2.45, 2.75) is 43.6 Å².